The van der Waals surface area contributed by atoms with E-state index in [9.17, 15) is 4.79 Å². The first kappa shape index (κ1) is 14.8. The monoisotopic (exact) mass is 339 g/mol. The molecule has 1 aliphatic heterocycles. The Hall–Kier alpha value is -2.73. The van der Waals surface area contributed by atoms with E-state index in [2.05, 4.69) is 20.0 Å². The van der Waals surface area contributed by atoms with E-state index in [1.165, 1.54) is 6.33 Å². The molecule has 0 amide bonds. The van der Waals surface area contributed by atoms with Crippen molar-refractivity contribution in [3.63, 3.8) is 0 Å². The zero-order valence-corrected chi connectivity index (χ0v) is 13.5. The largest absolute Gasteiger partial charge is 0.352 e. The Morgan fingerprint density at radius 2 is 1.83 bits per heavy atom. The van der Waals surface area contributed by atoms with Crippen molar-refractivity contribution in [1.29, 1.82) is 0 Å². The van der Waals surface area contributed by atoms with Gasteiger partial charge in [0.2, 0.25) is 0 Å². The first-order valence-corrected chi connectivity index (χ1v) is 7.95. The van der Waals surface area contributed by atoms with Crippen LogP contribution in [-0.2, 0) is 0 Å². The lowest BCUT2D eigenvalue weighted by atomic mass is 10.1. The summed E-state index contributed by atoms with van der Waals surface area (Å²) in [6.45, 7) is 1.40. The summed E-state index contributed by atoms with van der Waals surface area (Å²) in [5, 5.41) is 5.20. The summed E-state index contributed by atoms with van der Waals surface area (Å²) in [6.07, 6.45) is 3.23. The van der Waals surface area contributed by atoms with Crippen molar-refractivity contribution in [2.75, 3.05) is 18.0 Å². The molecule has 0 N–H and O–H groups in total. The molecular formula is C17H14ClN5O. The fourth-order valence-corrected chi connectivity index (χ4v) is 2.86. The van der Waals surface area contributed by atoms with Crippen molar-refractivity contribution in [2.24, 2.45) is 0 Å². The number of hydrogen-bond donors (Lipinski definition) is 0. The predicted molar refractivity (Wildman–Crippen MR) is 92.2 cm³/mol. The van der Waals surface area contributed by atoms with E-state index in [0.717, 1.165) is 17.1 Å². The first-order valence-electron chi connectivity index (χ1n) is 7.57. The van der Waals surface area contributed by atoms with Crippen LogP contribution in [0.5, 0.6) is 0 Å². The van der Waals surface area contributed by atoms with Crippen LogP contribution in [0.1, 0.15) is 6.04 Å². The number of aromatic nitrogens is 4. The predicted octanol–water partition coefficient (Wildman–Crippen LogP) is 2.42. The number of benzene rings is 1. The molecule has 4 rings (SSSR count). The van der Waals surface area contributed by atoms with Crippen LogP contribution in [-0.4, -0.2) is 32.8 Å². The molecule has 0 unspecified atom stereocenters. The molecule has 0 bridgehead atoms. The number of anilines is 1. The quantitative estimate of drug-likeness (QED) is 0.733. The highest BCUT2D eigenvalue weighted by Gasteiger charge is 2.30. The van der Waals surface area contributed by atoms with E-state index in [1.54, 1.807) is 23.0 Å². The maximum atomic E-state index is 12.2. The Bertz CT molecular complexity index is 904. The van der Waals surface area contributed by atoms with Gasteiger partial charge in [0.05, 0.1) is 11.7 Å². The van der Waals surface area contributed by atoms with Gasteiger partial charge in [0.1, 0.15) is 12.1 Å². The molecule has 3 heterocycles. The number of halogens is 1. The molecule has 0 radical (unpaired) electrons. The molecule has 1 aliphatic rings. The lowest BCUT2D eigenvalue weighted by Crippen LogP contribution is -2.51. The molecule has 7 heteroatoms. The topological polar surface area (TPSA) is 63.9 Å². The third kappa shape index (κ3) is 2.76. The van der Waals surface area contributed by atoms with Gasteiger partial charge in [-0.15, -0.1) is 0 Å². The molecule has 120 valence electrons. The van der Waals surface area contributed by atoms with Crippen LogP contribution in [0, 0.1) is 0 Å². The van der Waals surface area contributed by atoms with Gasteiger partial charge in [0.25, 0.3) is 5.56 Å². The minimum atomic E-state index is -0.0972. The standard InChI is InChI=1S/C17H14ClN5O/c18-13-3-1-12(2-4-13)15-5-6-17(24)23(21-15)14-9-22(10-14)16-7-8-19-11-20-16/h1-8,11,14H,9-10H2. The van der Waals surface area contributed by atoms with E-state index < -0.39 is 0 Å². The lowest BCUT2D eigenvalue weighted by Gasteiger charge is -2.40. The molecule has 0 saturated carbocycles. The first-order chi connectivity index (χ1) is 11.7. The molecule has 3 aromatic rings. The van der Waals surface area contributed by atoms with Crippen LogP contribution in [0.3, 0.4) is 0 Å². The van der Waals surface area contributed by atoms with E-state index in [-0.39, 0.29) is 11.6 Å². The molecule has 2 aromatic heterocycles. The summed E-state index contributed by atoms with van der Waals surface area (Å²) in [6, 6.07) is 12.6. The molecule has 1 fully saturated rings. The molecule has 0 aliphatic carbocycles. The molecule has 1 saturated heterocycles. The van der Waals surface area contributed by atoms with Crippen LogP contribution in [0.2, 0.25) is 5.02 Å². The van der Waals surface area contributed by atoms with Crippen LogP contribution >= 0.6 is 11.6 Å². The van der Waals surface area contributed by atoms with E-state index >= 15 is 0 Å². The van der Waals surface area contributed by atoms with Crippen LogP contribution in [0.4, 0.5) is 5.82 Å². The Balaban J connectivity index is 1.57. The normalized spacial score (nSPS) is 14.5. The average molecular weight is 340 g/mol. The van der Waals surface area contributed by atoms with Gasteiger partial charge in [0, 0.05) is 35.9 Å². The van der Waals surface area contributed by atoms with E-state index in [0.29, 0.717) is 18.1 Å². The fourth-order valence-electron chi connectivity index (χ4n) is 2.73. The van der Waals surface area contributed by atoms with Crippen LogP contribution < -0.4 is 10.5 Å². The lowest BCUT2D eigenvalue weighted by molar-refractivity contribution is 0.353. The highest BCUT2D eigenvalue weighted by atomic mass is 35.5. The minimum Gasteiger partial charge on any atom is -0.352 e. The summed E-state index contributed by atoms with van der Waals surface area (Å²) >= 11 is 5.92. The van der Waals surface area contributed by atoms with Crippen LogP contribution in [0.15, 0.2) is 59.8 Å². The van der Waals surface area contributed by atoms with E-state index in [1.807, 2.05) is 30.3 Å². The summed E-state index contributed by atoms with van der Waals surface area (Å²) in [4.78, 5) is 22.4. The Morgan fingerprint density at radius 3 is 2.54 bits per heavy atom. The van der Waals surface area contributed by atoms with Gasteiger partial charge < -0.3 is 4.90 Å². The average Bonchev–Trinajstić information content (AvgIpc) is 2.57. The van der Waals surface area contributed by atoms with Crippen molar-refractivity contribution >= 4 is 17.4 Å². The second-order valence-corrected chi connectivity index (χ2v) is 6.07. The van der Waals surface area contributed by atoms with Crippen LogP contribution in [0.25, 0.3) is 11.3 Å². The van der Waals surface area contributed by atoms with Crippen molar-refractivity contribution in [2.45, 2.75) is 6.04 Å². The number of nitrogens with zero attached hydrogens (tertiary/aromatic N) is 5. The maximum Gasteiger partial charge on any atom is 0.267 e. The molecule has 1 aromatic carbocycles. The summed E-state index contributed by atoms with van der Waals surface area (Å²) in [5.41, 5.74) is 1.59. The van der Waals surface area contributed by atoms with Gasteiger partial charge in [-0.3, -0.25) is 4.79 Å². The maximum absolute atomic E-state index is 12.2. The number of rotatable bonds is 3. The summed E-state index contributed by atoms with van der Waals surface area (Å²) in [7, 11) is 0. The smallest absolute Gasteiger partial charge is 0.267 e. The third-order valence-corrected chi connectivity index (χ3v) is 4.32. The Morgan fingerprint density at radius 1 is 1.04 bits per heavy atom. The van der Waals surface area contributed by atoms with Gasteiger partial charge >= 0.3 is 0 Å². The fraction of sp³-hybridized carbons (Fsp3) is 0.176. The molecule has 24 heavy (non-hydrogen) atoms. The van der Waals surface area contributed by atoms with Crippen molar-refractivity contribution in [3.05, 3.63) is 70.4 Å². The highest BCUT2D eigenvalue weighted by molar-refractivity contribution is 6.30. The molecule has 0 spiro atoms. The third-order valence-electron chi connectivity index (χ3n) is 4.06. The van der Waals surface area contributed by atoms with Crippen molar-refractivity contribution < 1.29 is 0 Å². The molecular weight excluding hydrogens is 326 g/mol. The van der Waals surface area contributed by atoms with E-state index in [4.69, 9.17) is 11.6 Å². The highest BCUT2D eigenvalue weighted by Crippen LogP contribution is 2.25. The van der Waals surface area contributed by atoms with Crippen molar-refractivity contribution in [1.82, 2.24) is 19.7 Å². The zero-order chi connectivity index (χ0) is 16.5. The second kappa shape index (κ2) is 6.05. The Labute approximate surface area is 143 Å². The SMILES string of the molecule is O=c1ccc(-c2ccc(Cl)cc2)nn1C1CN(c2ccncn2)C1. The van der Waals surface area contributed by atoms with Gasteiger partial charge in [-0.2, -0.15) is 5.10 Å². The molecule has 6 nitrogen and oxygen atoms in total. The number of hydrogen-bond acceptors (Lipinski definition) is 5. The second-order valence-electron chi connectivity index (χ2n) is 5.63. The van der Waals surface area contributed by atoms with Gasteiger partial charge in [-0.05, 0) is 24.3 Å². The van der Waals surface area contributed by atoms with Gasteiger partial charge in [0.15, 0.2) is 0 Å². The zero-order valence-electron chi connectivity index (χ0n) is 12.7. The summed E-state index contributed by atoms with van der Waals surface area (Å²) in [5.74, 6) is 0.864. The minimum absolute atomic E-state index is 0.0414. The van der Waals surface area contributed by atoms with Crippen molar-refractivity contribution in [3.8, 4) is 11.3 Å². The van der Waals surface area contributed by atoms with Gasteiger partial charge in [-0.25, -0.2) is 14.6 Å². The molecule has 0 atom stereocenters. The summed E-state index contributed by atoms with van der Waals surface area (Å²) < 4.78 is 1.56. The van der Waals surface area contributed by atoms with Gasteiger partial charge in [-0.1, -0.05) is 23.7 Å². The Kier molecular flexibility index (Phi) is 3.74.